The van der Waals surface area contributed by atoms with E-state index in [0.29, 0.717) is 31.4 Å². The van der Waals surface area contributed by atoms with E-state index in [9.17, 15) is 29.4 Å². The summed E-state index contributed by atoms with van der Waals surface area (Å²) in [5.41, 5.74) is 11.3. The number of amides is 3. The lowest BCUT2D eigenvalue weighted by atomic mass is 10.1. The molecule has 0 aliphatic heterocycles. The van der Waals surface area contributed by atoms with Crippen LogP contribution >= 0.6 is 0 Å². The lowest BCUT2D eigenvalue weighted by Gasteiger charge is -2.22. The van der Waals surface area contributed by atoms with Crippen LogP contribution in [0.3, 0.4) is 0 Å². The summed E-state index contributed by atoms with van der Waals surface area (Å²) in [5.74, 6) is -2.98. The van der Waals surface area contributed by atoms with Crippen molar-refractivity contribution in [3.63, 3.8) is 0 Å². The number of carboxylic acid groups (broad SMARTS) is 1. The van der Waals surface area contributed by atoms with E-state index in [4.69, 9.17) is 11.5 Å². The van der Waals surface area contributed by atoms with E-state index in [2.05, 4.69) is 16.0 Å². The lowest BCUT2D eigenvalue weighted by molar-refractivity contribution is -0.142. The normalized spacial score (nSPS) is 13.5. The van der Waals surface area contributed by atoms with Gasteiger partial charge < -0.3 is 37.6 Å². The Morgan fingerprint density at radius 1 is 0.935 bits per heavy atom. The largest absolute Gasteiger partial charge is 0.508 e. The molecule has 3 amide bonds. The van der Waals surface area contributed by atoms with E-state index in [0.717, 1.165) is 0 Å². The van der Waals surface area contributed by atoms with E-state index in [1.54, 1.807) is 12.1 Å². The molecule has 31 heavy (non-hydrogen) atoms. The van der Waals surface area contributed by atoms with Gasteiger partial charge in [-0.1, -0.05) is 12.1 Å². The molecule has 11 nitrogen and oxygen atoms in total. The highest BCUT2D eigenvalue weighted by Crippen LogP contribution is 2.11. The minimum Gasteiger partial charge on any atom is -0.508 e. The Bertz CT molecular complexity index is 755. The summed E-state index contributed by atoms with van der Waals surface area (Å²) in [6.45, 7) is 1.57. The molecule has 0 fully saturated rings. The molecule has 0 saturated heterocycles. The fraction of sp³-hybridized carbons (Fsp3) is 0.500. The second-order valence-electron chi connectivity index (χ2n) is 7.11. The zero-order chi connectivity index (χ0) is 23.4. The summed E-state index contributed by atoms with van der Waals surface area (Å²) in [7, 11) is 0. The molecule has 0 saturated carbocycles. The van der Waals surface area contributed by atoms with Crippen molar-refractivity contribution >= 4 is 23.7 Å². The van der Waals surface area contributed by atoms with Gasteiger partial charge in [-0.25, -0.2) is 4.79 Å². The van der Waals surface area contributed by atoms with Crippen LogP contribution in [0, 0.1) is 0 Å². The summed E-state index contributed by atoms with van der Waals surface area (Å²) >= 11 is 0. The average Bonchev–Trinajstić information content (AvgIpc) is 2.73. The summed E-state index contributed by atoms with van der Waals surface area (Å²) in [4.78, 5) is 48.1. The fourth-order valence-electron chi connectivity index (χ4n) is 2.76. The zero-order valence-electron chi connectivity index (χ0n) is 17.5. The van der Waals surface area contributed by atoms with Gasteiger partial charge in [0.1, 0.15) is 23.9 Å². The van der Waals surface area contributed by atoms with Crippen molar-refractivity contribution in [3.05, 3.63) is 29.8 Å². The van der Waals surface area contributed by atoms with Crippen LogP contribution in [0.1, 0.15) is 31.7 Å². The van der Waals surface area contributed by atoms with Crippen molar-refractivity contribution in [1.29, 1.82) is 0 Å². The Kier molecular flexibility index (Phi) is 11.0. The first-order valence-corrected chi connectivity index (χ1v) is 9.98. The number of aliphatic carboxylic acids is 1. The molecule has 9 N–H and O–H groups in total. The zero-order valence-corrected chi connectivity index (χ0v) is 17.5. The number of phenols is 1. The Hall–Kier alpha value is -3.18. The predicted molar refractivity (Wildman–Crippen MR) is 113 cm³/mol. The van der Waals surface area contributed by atoms with Crippen LogP contribution in [0.25, 0.3) is 0 Å². The van der Waals surface area contributed by atoms with E-state index in [-0.39, 0.29) is 18.7 Å². The maximum absolute atomic E-state index is 12.5. The summed E-state index contributed by atoms with van der Waals surface area (Å²) in [6.07, 6.45) is 1.57. The molecule has 0 aromatic heterocycles. The van der Waals surface area contributed by atoms with E-state index < -0.39 is 41.8 Å². The minimum absolute atomic E-state index is 0.00368. The smallest absolute Gasteiger partial charge is 0.326 e. The molecular formula is C20H31N5O6. The molecule has 1 aromatic carbocycles. The van der Waals surface area contributed by atoms with Gasteiger partial charge >= 0.3 is 5.97 Å². The van der Waals surface area contributed by atoms with Gasteiger partial charge in [0.25, 0.3) is 0 Å². The SMILES string of the molecule is CC(NC(=O)C(CCCCN)NC(=O)CN)C(=O)NC(Cc1ccc(O)cc1)C(=O)O. The maximum Gasteiger partial charge on any atom is 0.326 e. The molecule has 0 spiro atoms. The van der Waals surface area contributed by atoms with Crippen LogP contribution in [-0.4, -0.2) is 65.1 Å². The van der Waals surface area contributed by atoms with E-state index in [1.807, 2.05) is 0 Å². The quantitative estimate of drug-likeness (QED) is 0.182. The Morgan fingerprint density at radius 3 is 2.13 bits per heavy atom. The number of carboxylic acids is 1. The predicted octanol–water partition coefficient (Wildman–Crippen LogP) is -1.42. The van der Waals surface area contributed by atoms with Gasteiger partial charge in [-0.3, -0.25) is 14.4 Å². The summed E-state index contributed by atoms with van der Waals surface area (Å²) < 4.78 is 0. The summed E-state index contributed by atoms with van der Waals surface area (Å²) in [5, 5.41) is 26.1. The molecule has 1 rings (SSSR count). The van der Waals surface area contributed by atoms with Crippen LogP contribution in [-0.2, 0) is 25.6 Å². The van der Waals surface area contributed by atoms with Gasteiger partial charge in [-0.05, 0) is 50.4 Å². The van der Waals surface area contributed by atoms with Crippen LogP contribution in [0.4, 0.5) is 0 Å². The second kappa shape index (κ2) is 13.2. The third kappa shape index (κ3) is 9.45. The number of rotatable bonds is 13. The molecule has 3 atom stereocenters. The molecule has 11 heteroatoms. The average molecular weight is 437 g/mol. The fourth-order valence-corrected chi connectivity index (χ4v) is 2.76. The van der Waals surface area contributed by atoms with Crippen molar-refractivity contribution in [3.8, 4) is 5.75 Å². The number of hydrogen-bond donors (Lipinski definition) is 7. The van der Waals surface area contributed by atoms with E-state index >= 15 is 0 Å². The van der Waals surface area contributed by atoms with Crippen molar-refractivity contribution in [1.82, 2.24) is 16.0 Å². The van der Waals surface area contributed by atoms with Crippen LogP contribution in [0.15, 0.2) is 24.3 Å². The number of benzene rings is 1. The first kappa shape index (κ1) is 25.9. The molecule has 0 radical (unpaired) electrons. The number of nitrogens with two attached hydrogens (primary N) is 2. The molecule has 0 heterocycles. The van der Waals surface area contributed by atoms with Crippen molar-refractivity contribution < 1.29 is 29.4 Å². The standard InChI is InChI=1S/C20H31N5O6/c1-12(23-19(29)15(4-2-3-9-21)24-17(27)11-22)18(28)25-16(20(30)31)10-13-5-7-14(26)8-6-13/h5-8,12,15-16,26H,2-4,9-11,21-22H2,1H3,(H,23,29)(H,24,27)(H,25,28)(H,30,31). The highest BCUT2D eigenvalue weighted by molar-refractivity contribution is 5.93. The third-order valence-electron chi connectivity index (χ3n) is 4.53. The summed E-state index contributed by atoms with van der Waals surface area (Å²) in [6, 6.07) is 2.78. The molecule has 0 aliphatic carbocycles. The lowest BCUT2D eigenvalue weighted by Crippen LogP contribution is -2.55. The molecule has 3 unspecified atom stereocenters. The highest BCUT2D eigenvalue weighted by Gasteiger charge is 2.27. The number of carbonyl (C=O) groups is 4. The first-order chi connectivity index (χ1) is 14.7. The first-order valence-electron chi connectivity index (χ1n) is 9.98. The number of carbonyl (C=O) groups excluding carboxylic acids is 3. The number of unbranched alkanes of at least 4 members (excludes halogenated alkanes) is 1. The van der Waals surface area contributed by atoms with Gasteiger partial charge in [0, 0.05) is 6.42 Å². The molecule has 0 bridgehead atoms. The Morgan fingerprint density at radius 2 is 1.58 bits per heavy atom. The van der Waals surface area contributed by atoms with Crippen molar-refractivity contribution in [2.45, 2.75) is 50.7 Å². The van der Waals surface area contributed by atoms with Gasteiger partial charge in [-0.2, -0.15) is 0 Å². The number of hydrogen-bond acceptors (Lipinski definition) is 7. The highest BCUT2D eigenvalue weighted by atomic mass is 16.4. The molecule has 172 valence electrons. The Labute approximate surface area is 180 Å². The van der Waals surface area contributed by atoms with Gasteiger partial charge in [-0.15, -0.1) is 0 Å². The molecular weight excluding hydrogens is 406 g/mol. The van der Waals surface area contributed by atoms with Crippen molar-refractivity contribution in [2.75, 3.05) is 13.1 Å². The minimum atomic E-state index is -1.24. The van der Waals surface area contributed by atoms with Crippen LogP contribution in [0.5, 0.6) is 5.75 Å². The van der Waals surface area contributed by atoms with Crippen LogP contribution < -0.4 is 27.4 Å². The van der Waals surface area contributed by atoms with Gasteiger partial charge in [0.05, 0.1) is 6.54 Å². The van der Waals surface area contributed by atoms with Gasteiger partial charge in [0.15, 0.2) is 0 Å². The number of aromatic hydroxyl groups is 1. The van der Waals surface area contributed by atoms with E-state index in [1.165, 1.54) is 19.1 Å². The number of phenolic OH excluding ortho intramolecular Hbond substituents is 1. The second-order valence-corrected chi connectivity index (χ2v) is 7.11. The van der Waals surface area contributed by atoms with Gasteiger partial charge in [0.2, 0.25) is 17.7 Å². The molecule has 1 aromatic rings. The maximum atomic E-state index is 12.5. The third-order valence-corrected chi connectivity index (χ3v) is 4.53. The molecule has 0 aliphatic rings. The number of nitrogens with one attached hydrogen (secondary N) is 3. The monoisotopic (exact) mass is 437 g/mol. The topological polar surface area (TPSA) is 197 Å². The van der Waals surface area contributed by atoms with Crippen LogP contribution in [0.2, 0.25) is 0 Å². The van der Waals surface area contributed by atoms with Crippen molar-refractivity contribution in [2.24, 2.45) is 11.5 Å². The Balaban J connectivity index is 2.72.